The maximum absolute atomic E-state index is 5.86. The number of thiophene rings is 1. The predicted molar refractivity (Wildman–Crippen MR) is 154 cm³/mol. The quantitative estimate of drug-likeness (QED) is 0.360. The van der Waals surface area contributed by atoms with Gasteiger partial charge in [0.25, 0.3) is 0 Å². The summed E-state index contributed by atoms with van der Waals surface area (Å²) in [6.07, 6.45) is 0. The molecule has 1 aromatic heterocycles. The molecular formula is C32H46O2S. The Balaban J connectivity index is 0.000000258. The lowest BCUT2D eigenvalue weighted by molar-refractivity contribution is 0.130. The zero-order valence-electron chi connectivity index (χ0n) is 24.0. The molecule has 3 heteroatoms. The Labute approximate surface area is 218 Å². The van der Waals surface area contributed by atoms with Crippen molar-refractivity contribution in [3.63, 3.8) is 0 Å². The third kappa shape index (κ3) is 10.1. The minimum absolute atomic E-state index is 0.122. The highest BCUT2D eigenvalue weighted by molar-refractivity contribution is 7.15. The van der Waals surface area contributed by atoms with E-state index < -0.39 is 0 Å². The highest BCUT2D eigenvalue weighted by Gasteiger charge is 2.17. The molecule has 0 aliphatic rings. The highest BCUT2D eigenvalue weighted by Crippen LogP contribution is 2.35. The van der Waals surface area contributed by atoms with Crippen molar-refractivity contribution < 1.29 is 9.47 Å². The summed E-state index contributed by atoms with van der Waals surface area (Å²) in [6, 6.07) is 21.2. The van der Waals surface area contributed by atoms with E-state index in [2.05, 4.69) is 132 Å². The largest absolute Gasteiger partial charge is 0.488 e. The smallest absolute Gasteiger partial charge is 0.120 e. The fraction of sp³-hybridized carbons (Fsp3) is 0.500. The van der Waals surface area contributed by atoms with E-state index in [4.69, 9.17) is 9.47 Å². The summed E-state index contributed by atoms with van der Waals surface area (Å²) < 4.78 is 11.6. The molecule has 0 saturated heterocycles. The van der Waals surface area contributed by atoms with Crippen LogP contribution in [0.1, 0.15) is 93.5 Å². The first kappa shape index (κ1) is 29.0. The van der Waals surface area contributed by atoms with Gasteiger partial charge >= 0.3 is 0 Å². The van der Waals surface area contributed by atoms with Crippen molar-refractivity contribution in [1.82, 2.24) is 0 Å². The van der Waals surface area contributed by atoms with Crippen LogP contribution in [0.3, 0.4) is 0 Å². The minimum Gasteiger partial charge on any atom is -0.488 e. The minimum atomic E-state index is -0.149. The third-order valence-electron chi connectivity index (χ3n) is 5.05. The second-order valence-corrected chi connectivity index (χ2v) is 14.2. The average Bonchev–Trinajstić information content (AvgIpc) is 3.17. The van der Waals surface area contributed by atoms with E-state index in [0.717, 1.165) is 11.5 Å². The van der Waals surface area contributed by atoms with Gasteiger partial charge in [0, 0.05) is 9.75 Å². The third-order valence-corrected chi connectivity index (χ3v) is 6.61. The van der Waals surface area contributed by atoms with Gasteiger partial charge in [-0.2, -0.15) is 0 Å². The van der Waals surface area contributed by atoms with Crippen molar-refractivity contribution in [2.75, 3.05) is 0 Å². The molecule has 3 aromatic rings. The number of hydrogen-bond donors (Lipinski definition) is 0. The van der Waals surface area contributed by atoms with Gasteiger partial charge in [-0.05, 0) is 112 Å². The Morgan fingerprint density at radius 2 is 0.914 bits per heavy atom. The van der Waals surface area contributed by atoms with Crippen LogP contribution in [0.25, 0.3) is 10.4 Å². The Kier molecular flexibility index (Phi) is 8.93. The summed E-state index contributed by atoms with van der Waals surface area (Å²) in [5.41, 5.74) is 2.75. The molecule has 0 unspecified atom stereocenters. The molecule has 0 radical (unpaired) electrons. The van der Waals surface area contributed by atoms with E-state index in [0.29, 0.717) is 0 Å². The molecule has 35 heavy (non-hydrogen) atoms. The van der Waals surface area contributed by atoms with Crippen LogP contribution >= 0.6 is 11.3 Å². The van der Waals surface area contributed by atoms with Crippen molar-refractivity contribution in [3.8, 4) is 21.9 Å². The highest BCUT2D eigenvalue weighted by atomic mass is 32.1. The van der Waals surface area contributed by atoms with Crippen LogP contribution < -0.4 is 9.47 Å². The van der Waals surface area contributed by atoms with Crippen LogP contribution in [-0.2, 0) is 10.8 Å². The summed E-state index contributed by atoms with van der Waals surface area (Å²) in [5.74, 6) is 1.87. The van der Waals surface area contributed by atoms with Gasteiger partial charge in [0.15, 0.2) is 0 Å². The second kappa shape index (κ2) is 10.8. The lowest BCUT2D eigenvalue weighted by Gasteiger charge is -2.23. The van der Waals surface area contributed by atoms with E-state index in [9.17, 15) is 0 Å². The maximum Gasteiger partial charge on any atom is 0.120 e. The van der Waals surface area contributed by atoms with Gasteiger partial charge in [0.05, 0.1) is 0 Å². The van der Waals surface area contributed by atoms with E-state index in [1.54, 1.807) is 0 Å². The van der Waals surface area contributed by atoms with Gasteiger partial charge in [0.1, 0.15) is 22.7 Å². The van der Waals surface area contributed by atoms with Crippen molar-refractivity contribution in [2.45, 2.75) is 105 Å². The molecule has 0 atom stereocenters. The molecule has 0 aliphatic heterocycles. The Morgan fingerprint density at radius 3 is 1.26 bits per heavy atom. The molecular weight excluding hydrogens is 448 g/mol. The molecule has 0 spiro atoms. The van der Waals surface area contributed by atoms with Crippen LogP contribution in [0.4, 0.5) is 0 Å². The summed E-state index contributed by atoms with van der Waals surface area (Å²) in [5, 5.41) is 0. The fourth-order valence-electron chi connectivity index (χ4n) is 3.31. The SMILES string of the molecule is CC(C)(C)Oc1ccc(-c2ccc(C(C)(C)C)s2)cc1.CC(C)(C)Oc1ccc(C(C)(C)C)cc1. The summed E-state index contributed by atoms with van der Waals surface area (Å²) in [6.45, 7) is 25.8. The van der Waals surface area contributed by atoms with Gasteiger partial charge in [0.2, 0.25) is 0 Å². The molecule has 0 N–H and O–H groups in total. The Hall–Kier alpha value is -2.26. The van der Waals surface area contributed by atoms with Crippen molar-refractivity contribution in [1.29, 1.82) is 0 Å². The van der Waals surface area contributed by atoms with E-state index in [1.165, 1.54) is 20.9 Å². The first-order valence-corrected chi connectivity index (χ1v) is 13.3. The molecule has 1 heterocycles. The molecule has 3 rings (SSSR count). The molecule has 192 valence electrons. The molecule has 0 aliphatic carbocycles. The summed E-state index contributed by atoms with van der Waals surface area (Å²) >= 11 is 1.87. The lowest BCUT2D eigenvalue weighted by atomic mass is 9.87. The van der Waals surface area contributed by atoms with Crippen LogP contribution in [-0.4, -0.2) is 11.2 Å². The Bertz CT molecular complexity index is 1050. The molecule has 0 bridgehead atoms. The number of hydrogen-bond acceptors (Lipinski definition) is 3. The summed E-state index contributed by atoms with van der Waals surface area (Å²) in [7, 11) is 0. The monoisotopic (exact) mass is 494 g/mol. The zero-order valence-corrected chi connectivity index (χ0v) is 24.8. The molecule has 2 nitrogen and oxygen atoms in total. The molecule has 0 saturated carbocycles. The standard InChI is InChI=1S/C18H24OS.C14H22O/c1-17(2,3)16-12-11-15(20-16)13-7-9-14(10-8-13)19-18(4,5)6;1-13(2,3)11-7-9-12(10-8-11)15-14(4,5)6/h7-12H,1-6H3;7-10H,1-6H3. The normalized spacial score (nSPS) is 12.6. The van der Waals surface area contributed by atoms with Gasteiger partial charge in [-0.25, -0.2) is 0 Å². The number of benzene rings is 2. The van der Waals surface area contributed by atoms with Crippen molar-refractivity contribution >= 4 is 11.3 Å². The number of rotatable bonds is 3. The molecule has 0 amide bonds. The average molecular weight is 495 g/mol. The lowest BCUT2D eigenvalue weighted by Crippen LogP contribution is -2.23. The predicted octanol–water partition coefficient (Wildman–Crippen LogP) is 10.1. The summed E-state index contributed by atoms with van der Waals surface area (Å²) in [4.78, 5) is 2.74. The second-order valence-electron chi connectivity index (χ2n) is 13.1. The van der Waals surface area contributed by atoms with Crippen LogP contribution in [0.5, 0.6) is 11.5 Å². The molecule has 2 aromatic carbocycles. The zero-order chi connectivity index (χ0) is 26.7. The van der Waals surface area contributed by atoms with Crippen LogP contribution in [0, 0.1) is 0 Å². The Morgan fingerprint density at radius 1 is 0.486 bits per heavy atom. The van der Waals surface area contributed by atoms with Gasteiger partial charge in [-0.3, -0.25) is 0 Å². The van der Waals surface area contributed by atoms with Crippen molar-refractivity contribution in [2.24, 2.45) is 0 Å². The maximum atomic E-state index is 5.86. The first-order valence-electron chi connectivity index (χ1n) is 12.5. The van der Waals surface area contributed by atoms with Crippen LogP contribution in [0.15, 0.2) is 60.7 Å². The van der Waals surface area contributed by atoms with Gasteiger partial charge in [-0.15, -0.1) is 11.3 Å². The number of ether oxygens (including phenoxy) is 2. The van der Waals surface area contributed by atoms with E-state index in [-0.39, 0.29) is 22.0 Å². The fourth-order valence-corrected chi connectivity index (χ4v) is 4.38. The van der Waals surface area contributed by atoms with Crippen LogP contribution in [0.2, 0.25) is 0 Å². The first-order chi connectivity index (χ1) is 15.8. The van der Waals surface area contributed by atoms with E-state index >= 15 is 0 Å². The van der Waals surface area contributed by atoms with Gasteiger partial charge < -0.3 is 9.47 Å². The van der Waals surface area contributed by atoms with E-state index in [1.807, 2.05) is 23.5 Å². The topological polar surface area (TPSA) is 18.5 Å². The molecule has 0 fully saturated rings. The van der Waals surface area contributed by atoms with Crippen molar-refractivity contribution in [3.05, 3.63) is 71.1 Å². The van der Waals surface area contributed by atoms with Gasteiger partial charge in [-0.1, -0.05) is 53.7 Å².